The van der Waals surface area contributed by atoms with E-state index in [9.17, 15) is 4.79 Å². The fourth-order valence-electron chi connectivity index (χ4n) is 3.33. The minimum atomic E-state index is 0.327. The number of piperidine rings is 1. The molecule has 1 aliphatic carbocycles. The molecule has 0 radical (unpaired) electrons. The second kappa shape index (κ2) is 5.14. The number of fused-ring (bicyclic) bond motifs is 1. The molecule has 1 saturated heterocycles. The van der Waals surface area contributed by atoms with Crippen LogP contribution in [-0.4, -0.2) is 28.9 Å². The van der Waals surface area contributed by atoms with Crippen molar-refractivity contribution in [2.45, 2.75) is 31.6 Å². The number of hydrogen-bond donors (Lipinski definition) is 0. The smallest absolute Gasteiger partial charge is 0.225 e. The predicted molar refractivity (Wildman–Crippen MR) is 83.0 cm³/mol. The first kappa shape index (κ1) is 12.8. The Morgan fingerprint density at radius 3 is 2.76 bits per heavy atom. The summed E-state index contributed by atoms with van der Waals surface area (Å²) in [7, 11) is 0. The van der Waals surface area contributed by atoms with E-state index in [0.717, 1.165) is 44.5 Å². The maximum absolute atomic E-state index is 12.3. The molecular weight excluding hydrogens is 260 g/mol. The minimum Gasteiger partial charge on any atom is -0.342 e. The molecule has 1 aromatic carbocycles. The van der Waals surface area contributed by atoms with Crippen LogP contribution in [0.4, 0.5) is 0 Å². The molecule has 0 bridgehead atoms. The van der Waals surface area contributed by atoms with Crippen molar-refractivity contribution in [2.24, 2.45) is 5.92 Å². The Balaban J connectivity index is 1.57. The van der Waals surface area contributed by atoms with Gasteiger partial charge in [-0.05, 0) is 37.1 Å². The Hall–Kier alpha value is -1.90. The number of carbonyl (C=O) groups excluding carboxylic acids is 1. The number of benzene rings is 1. The lowest BCUT2D eigenvalue weighted by Crippen LogP contribution is -2.40. The molecule has 4 rings (SSSR count). The van der Waals surface area contributed by atoms with Gasteiger partial charge in [0.25, 0.3) is 0 Å². The van der Waals surface area contributed by atoms with E-state index in [-0.39, 0.29) is 0 Å². The van der Waals surface area contributed by atoms with E-state index in [1.165, 1.54) is 10.8 Å². The number of amides is 1. The number of carbonyl (C=O) groups is 1. The predicted octanol–water partition coefficient (Wildman–Crippen LogP) is 3.35. The van der Waals surface area contributed by atoms with Crippen LogP contribution in [0.2, 0.25) is 0 Å². The summed E-state index contributed by atoms with van der Waals surface area (Å²) in [5.74, 6) is 1.10. The van der Waals surface area contributed by atoms with Crippen LogP contribution in [0, 0.1) is 5.92 Å². The van der Waals surface area contributed by atoms with E-state index in [2.05, 4.69) is 34.1 Å². The molecule has 2 fully saturated rings. The summed E-state index contributed by atoms with van der Waals surface area (Å²) in [6.07, 6.45) is 6.38. The summed E-state index contributed by atoms with van der Waals surface area (Å²) in [5, 5.41) is 2.43. The third-order valence-corrected chi connectivity index (χ3v) is 4.73. The van der Waals surface area contributed by atoms with Gasteiger partial charge in [-0.3, -0.25) is 9.78 Å². The van der Waals surface area contributed by atoms with Crippen LogP contribution in [0.25, 0.3) is 10.8 Å². The topological polar surface area (TPSA) is 33.2 Å². The highest BCUT2D eigenvalue weighted by Gasteiger charge is 2.35. The highest BCUT2D eigenvalue weighted by Crippen LogP contribution is 2.34. The Morgan fingerprint density at radius 2 is 1.95 bits per heavy atom. The van der Waals surface area contributed by atoms with Crippen LogP contribution in [0.1, 0.15) is 37.3 Å². The summed E-state index contributed by atoms with van der Waals surface area (Å²) in [6.45, 7) is 1.78. The van der Waals surface area contributed by atoms with E-state index >= 15 is 0 Å². The van der Waals surface area contributed by atoms with E-state index in [4.69, 9.17) is 0 Å². The molecule has 1 aliphatic heterocycles. The lowest BCUT2D eigenvalue weighted by atomic mass is 9.93. The van der Waals surface area contributed by atoms with Gasteiger partial charge >= 0.3 is 0 Å². The molecule has 0 N–H and O–H groups in total. The zero-order valence-electron chi connectivity index (χ0n) is 12.2. The molecule has 2 aliphatic rings. The van der Waals surface area contributed by atoms with Crippen LogP contribution >= 0.6 is 0 Å². The zero-order valence-corrected chi connectivity index (χ0v) is 12.2. The molecule has 0 unspecified atom stereocenters. The molecule has 3 nitrogen and oxygen atoms in total. The van der Waals surface area contributed by atoms with Crippen molar-refractivity contribution in [3.05, 3.63) is 42.2 Å². The molecule has 1 atom stereocenters. The van der Waals surface area contributed by atoms with E-state index < -0.39 is 0 Å². The number of nitrogens with zero attached hydrogens (tertiary/aromatic N) is 2. The van der Waals surface area contributed by atoms with Gasteiger partial charge < -0.3 is 4.90 Å². The Kier molecular flexibility index (Phi) is 3.13. The first-order chi connectivity index (χ1) is 10.3. The summed E-state index contributed by atoms with van der Waals surface area (Å²) in [4.78, 5) is 19.0. The first-order valence-corrected chi connectivity index (χ1v) is 7.95. The van der Waals surface area contributed by atoms with Crippen LogP contribution in [0.3, 0.4) is 0 Å². The highest BCUT2D eigenvalue weighted by molar-refractivity contribution is 5.82. The summed E-state index contributed by atoms with van der Waals surface area (Å²) >= 11 is 0. The van der Waals surface area contributed by atoms with Gasteiger partial charge in [-0.15, -0.1) is 0 Å². The largest absolute Gasteiger partial charge is 0.342 e. The third-order valence-electron chi connectivity index (χ3n) is 4.73. The third kappa shape index (κ3) is 2.53. The minimum absolute atomic E-state index is 0.327. The Morgan fingerprint density at radius 1 is 1.14 bits per heavy atom. The van der Waals surface area contributed by atoms with E-state index in [0.29, 0.717) is 17.7 Å². The maximum Gasteiger partial charge on any atom is 0.225 e. The Labute approximate surface area is 125 Å². The van der Waals surface area contributed by atoms with Crippen molar-refractivity contribution in [2.75, 3.05) is 13.1 Å². The lowest BCUT2D eigenvalue weighted by molar-refractivity contribution is -0.133. The maximum atomic E-state index is 12.3. The summed E-state index contributed by atoms with van der Waals surface area (Å²) < 4.78 is 0. The van der Waals surface area contributed by atoms with E-state index in [1.807, 2.05) is 12.3 Å². The van der Waals surface area contributed by atoms with Crippen LogP contribution in [0.15, 0.2) is 36.5 Å². The van der Waals surface area contributed by atoms with Gasteiger partial charge in [0.05, 0.1) is 0 Å². The van der Waals surface area contributed by atoms with Crippen LogP contribution in [-0.2, 0) is 4.79 Å². The van der Waals surface area contributed by atoms with Crippen molar-refractivity contribution < 1.29 is 4.79 Å². The highest BCUT2D eigenvalue weighted by atomic mass is 16.2. The van der Waals surface area contributed by atoms with Gasteiger partial charge in [0.15, 0.2) is 0 Å². The average Bonchev–Trinajstić information content (AvgIpc) is 3.39. The molecule has 21 heavy (non-hydrogen) atoms. The number of rotatable bonds is 2. The van der Waals surface area contributed by atoms with E-state index in [1.54, 1.807) is 0 Å². The lowest BCUT2D eigenvalue weighted by Gasteiger charge is -2.32. The fourth-order valence-corrected chi connectivity index (χ4v) is 3.33. The molecule has 1 saturated carbocycles. The van der Waals surface area contributed by atoms with Gasteiger partial charge in [0.1, 0.15) is 0 Å². The molecule has 0 spiro atoms. The van der Waals surface area contributed by atoms with Crippen molar-refractivity contribution in [3.8, 4) is 0 Å². The summed E-state index contributed by atoms with van der Waals surface area (Å²) in [6, 6.07) is 10.5. The molecule has 3 heteroatoms. The number of pyridine rings is 1. The molecule has 2 heterocycles. The number of likely N-dealkylation sites (tertiary alicyclic amines) is 1. The monoisotopic (exact) mass is 280 g/mol. The van der Waals surface area contributed by atoms with Gasteiger partial charge in [-0.25, -0.2) is 0 Å². The number of aromatic nitrogens is 1. The van der Waals surface area contributed by atoms with Crippen molar-refractivity contribution in [3.63, 3.8) is 0 Å². The second-order valence-electron chi connectivity index (χ2n) is 6.35. The normalized spacial score (nSPS) is 22.5. The number of hydrogen-bond acceptors (Lipinski definition) is 2. The average molecular weight is 280 g/mol. The van der Waals surface area contributed by atoms with Gasteiger partial charge in [0.2, 0.25) is 5.91 Å². The molecule has 108 valence electrons. The quantitative estimate of drug-likeness (QED) is 0.845. The molecule has 1 amide bonds. The van der Waals surface area contributed by atoms with Crippen molar-refractivity contribution >= 4 is 16.7 Å². The van der Waals surface area contributed by atoms with Crippen molar-refractivity contribution in [1.29, 1.82) is 0 Å². The zero-order chi connectivity index (χ0) is 14.2. The first-order valence-electron chi connectivity index (χ1n) is 7.95. The fraction of sp³-hybridized carbons (Fsp3) is 0.444. The van der Waals surface area contributed by atoms with Crippen LogP contribution in [0.5, 0.6) is 0 Å². The Bertz CT molecular complexity index is 678. The molecular formula is C18H20N2O. The van der Waals surface area contributed by atoms with Crippen LogP contribution < -0.4 is 0 Å². The SMILES string of the molecule is O=C(C1CC1)N1CCC[C@H](c2cc3ccccc3cn2)C1. The standard InChI is InChI=1S/C18H20N2O/c21-18(13-7-8-13)20-9-3-6-16(12-20)17-10-14-4-1-2-5-15(14)11-19-17/h1-2,4-5,10-11,13,16H,3,6-9,12H2/t16-/m0/s1. The van der Waals surface area contributed by atoms with Crippen molar-refractivity contribution in [1.82, 2.24) is 9.88 Å². The van der Waals surface area contributed by atoms with Gasteiger partial charge in [0, 0.05) is 42.2 Å². The second-order valence-corrected chi connectivity index (χ2v) is 6.35. The molecule has 1 aromatic heterocycles. The van der Waals surface area contributed by atoms with Gasteiger partial charge in [-0.1, -0.05) is 24.3 Å². The summed E-state index contributed by atoms with van der Waals surface area (Å²) in [5.41, 5.74) is 1.14. The molecule has 2 aromatic rings. The van der Waals surface area contributed by atoms with Gasteiger partial charge in [-0.2, -0.15) is 0 Å².